The first-order valence-electron chi connectivity index (χ1n) is 12.0. The Kier molecular flexibility index (Phi) is 5.78. The summed E-state index contributed by atoms with van der Waals surface area (Å²) < 4.78 is 7.14. The van der Waals surface area contributed by atoms with Gasteiger partial charge >= 0.3 is 0 Å². The zero-order valence-electron chi connectivity index (χ0n) is 20.2. The Hall–Kier alpha value is -4.70. The molecule has 3 aromatic heterocycles. The van der Waals surface area contributed by atoms with Gasteiger partial charge in [0.1, 0.15) is 0 Å². The molecular formula is C27H25N7O3. The van der Waals surface area contributed by atoms with Crippen molar-refractivity contribution in [2.24, 2.45) is 0 Å². The van der Waals surface area contributed by atoms with Crippen molar-refractivity contribution in [1.82, 2.24) is 19.4 Å². The summed E-state index contributed by atoms with van der Waals surface area (Å²) in [7, 11) is 2.15. The van der Waals surface area contributed by atoms with E-state index in [1.807, 2.05) is 28.8 Å². The molecule has 186 valence electrons. The van der Waals surface area contributed by atoms with E-state index in [1.165, 1.54) is 11.8 Å². The third-order valence-corrected chi connectivity index (χ3v) is 6.73. The third kappa shape index (κ3) is 4.38. The first-order chi connectivity index (χ1) is 18.1. The maximum atomic E-state index is 11.6. The molecule has 1 N–H and O–H groups in total. The lowest BCUT2D eigenvalue weighted by molar-refractivity contribution is -0.383. The molecule has 5 aromatic rings. The zero-order chi connectivity index (χ0) is 25.4. The molecule has 2 aromatic carbocycles. The molecule has 6 rings (SSSR count). The van der Waals surface area contributed by atoms with Gasteiger partial charge in [0.15, 0.2) is 5.82 Å². The van der Waals surface area contributed by atoms with Gasteiger partial charge in [-0.15, -0.1) is 0 Å². The summed E-state index contributed by atoms with van der Waals surface area (Å²) in [5.74, 6) is 1.00. The Morgan fingerprint density at radius 2 is 1.84 bits per heavy atom. The molecule has 37 heavy (non-hydrogen) atoms. The van der Waals surface area contributed by atoms with Crippen molar-refractivity contribution in [3.05, 3.63) is 89.6 Å². The van der Waals surface area contributed by atoms with Gasteiger partial charge in [0.05, 0.1) is 28.4 Å². The van der Waals surface area contributed by atoms with Crippen LogP contribution in [-0.4, -0.2) is 57.6 Å². The quantitative estimate of drug-likeness (QED) is 0.257. The van der Waals surface area contributed by atoms with Crippen LogP contribution in [0.1, 0.15) is 0 Å². The topological polar surface area (TPSA) is 106 Å². The van der Waals surface area contributed by atoms with Gasteiger partial charge in [-0.1, -0.05) is 6.07 Å². The van der Waals surface area contributed by atoms with Crippen LogP contribution < -0.4 is 10.2 Å². The molecule has 10 heteroatoms. The number of nitrogens with zero attached hydrogens (tertiary/aromatic N) is 6. The number of anilines is 3. The van der Waals surface area contributed by atoms with E-state index in [9.17, 15) is 10.1 Å². The predicted molar refractivity (Wildman–Crippen MR) is 143 cm³/mol. The number of nitro groups is 1. The summed E-state index contributed by atoms with van der Waals surface area (Å²) in [5, 5.41) is 15.4. The van der Waals surface area contributed by atoms with Crippen molar-refractivity contribution in [2.45, 2.75) is 0 Å². The molecule has 0 bridgehead atoms. The summed E-state index contributed by atoms with van der Waals surface area (Å²) in [5.41, 5.74) is 4.34. The van der Waals surface area contributed by atoms with Crippen LogP contribution in [0.3, 0.4) is 0 Å². The van der Waals surface area contributed by atoms with Gasteiger partial charge < -0.3 is 24.1 Å². The van der Waals surface area contributed by atoms with E-state index in [2.05, 4.69) is 39.3 Å². The highest BCUT2D eigenvalue weighted by molar-refractivity contribution is 5.91. The van der Waals surface area contributed by atoms with Crippen molar-refractivity contribution in [3.8, 4) is 16.9 Å². The van der Waals surface area contributed by atoms with Crippen molar-refractivity contribution in [1.29, 1.82) is 0 Å². The summed E-state index contributed by atoms with van der Waals surface area (Å²) in [4.78, 5) is 25.3. The molecule has 0 aliphatic carbocycles. The minimum absolute atomic E-state index is 0.0500. The molecule has 0 saturated carbocycles. The lowest BCUT2D eigenvalue weighted by atomic mass is 10.1. The number of likely N-dealkylation sites (N-methyl/N-ethyl adjacent to an activating group) is 1. The van der Waals surface area contributed by atoms with Crippen LogP contribution in [0.5, 0.6) is 0 Å². The number of hydrogen-bond donors (Lipinski definition) is 1. The molecule has 1 aliphatic heterocycles. The van der Waals surface area contributed by atoms with Gasteiger partial charge in [-0.2, -0.15) is 4.98 Å². The minimum atomic E-state index is -0.373. The van der Waals surface area contributed by atoms with E-state index in [-0.39, 0.29) is 10.6 Å². The lowest BCUT2D eigenvalue weighted by Crippen LogP contribution is -2.44. The Morgan fingerprint density at radius 3 is 2.57 bits per heavy atom. The summed E-state index contributed by atoms with van der Waals surface area (Å²) >= 11 is 0. The number of aromatic nitrogens is 3. The van der Waals surface area contributed by atoms with Gasteiger partial charge in [0.25, 0.3) is 5.69 Å². The maximum Gasteiger partial charge on any atom is 0.278 e. The highest BCUT2D eigenvalue weighted by atomic mass is 16.6. The van der Waals surface area contributed by atoms with E-state index in [1.54, 1.807) is 37.1 Å². The number of nitro benzene ring substituents is 1. The number of furan rings is 1. The number of fused-ring (bicyclic) bond motifs is 1. The fourth-order valence-electron chi connectivity index (χ4n) is 4.68. The van der Waals surface area contributed by atoms with Gasteiger partial charge in [0, 0.05) is 67.1 Å². The Morgan fingerprint density at radius 1 is 1.03 bits per heavy atom. The monoisotopic (exact) mass is 495 g/mol. The van der Waals surface area contributed by atoms with E-state index < -0.39 is 0 Å². The average Bonchev–Trinajstić information content (AvgIpc) is 3.60. The zero-order valence-corrected chi connectivity index (χ0v) is 20.2. The second-order valence-electron chi connectivity index (χ2n) is 9.06. The maximum absolute atomic E-state index is 11.6. The van der Waals surface area contributed by atoms with Crippen molar-refractivity contribution >= 4 is 33.9 Å². The number of benzene rings is 2. The Labute approximate surface area is 212 Å². The summed E-state index contributed by atoms with van der Waals surface area (Å²) in [6, 6.07) is 16.8. The molecule has 1 aliphatic rings. The fraction of sp³-hybridized carbons (Fsp3) is 0.185. The van der Waals surface area contributed by atoms with E-state index in [0.29, 0.717) is 22.7 Å². The van der Waals surface area contributed by atoms with Crippen molar-refractivity contribution in [2.75, 3.05) is 43.4 Å². The van der Waals surface area contributed by atoms with Crippen LogP contribution in [0.2, 0.25) is 0 Å². The standard InChI is InChI=1S/C27H25N7O3/c1-31-12-14-32(15-13-31)21-7-5-20(6-8-21)29-27-28-17-23(19-10-16-37-18-19)26(30-27)33-11-9-22-24(33)3-2-4-25(22)34(35)36/h2-11,16-18H,12-15H2,1H3,(H,28,29,30). The number of rotatable bonds is 6. The fourth-order valence-corrected chi connectivity index (χ4v) is 4.68. The molecule has 0 atom stereocenters. The van der Waals surface area contributed by atoms with Crippen LogP contribution in [0.4, 0.5) is 23.0 Å². The van der Waals surface area contributed by atoms with Gasteiger partial charge in [-0.05, 0) is 49.5 Å². The molecule has 10 nitrogen and oxygen atoms in total. The highest BCUT2D eigenvalue weighted by Gasteiger charge is 2.19. The predicted octanol–water partition coefficient (Wildman–Crippen LogP) is 5.08. The van der Waals surface area contributed by atoms with Gasteiger partial charge in [0.2, 0.25) is 5.95 Å². The SMILES string of the molecule is CN1CCN(c2ccc(Nc3ncc(-c4ccoc4)c(-n4ccc5c([N+](=O)[O-])cccc54)n3)cc2)CC1. The number of piperazine rings is 1. The summed E-state index contributed by atoms with van der Waals surface area (Å²) in [6.45, 7) is 4.12. The van der Waals surface area contributed by atoms with Crippen molar-refractivity contribution in [3.63, 3.8) is 0 Å². The second-order valence-corrected chi connectivity index (χ2v) is 9.06. The lowest BCUT2D eigenvalue weighted by Gasteiger charge is -2.34. The molecule has 0 spiro atoms. The largest absolute Gasteiger partial charge is 0.472 e. The normalized spacial score (nSPS) is 14.2. The first kappa shape index (κ1) is 22.7. The van der Waals surface area contributed by atoms with Crippen molar-refractivity contribution < 1.29 is 9.34 Å². The number of nitrogens with one attached hydrogen (secondary N) is 1. The van der Waals surface area contributed by atoms with E-state index in [0.717, 1.165) is 43.0 Å². The highest BCUT2D eigenvalue weighted by Crippen LogP contribution is 2.33. The molecule has 4 heterocycles. The molecule has 0 radical (unpaired) electrons. The minimum Gasteiger partial charge on any atom is -0.472 e. The molecule has 1 saturated heterocycles. The number of non-ortho nitro benzene ring substituents is 1. The average molecular weight is 496 g/mol. The van der Waals surface area contributed by atoms with Gasteiger partial charge in [-0.25, -0.2) is 4.98 Å². The Balaban J connectivity index is 1.35. The van der Waals surface area contributed by atoms with E-state index in [4.69, 9.17) is 9.40 Å². The van der Waals surface area contributed by atoms with Crippen LogP contribution in [0, 0.1) is 10.1 Å². The van der Waals surface area contributed by atoms with Crippen LogP contribution in [0.15, 0.2) is 83.9 Å². The van der Waals surface area contributed by atoms with Gasteiger partial charge in [-0.3, -0.25) is 10.1 Å². The third-order valence-electron chi connectivity index (χ3n) is 6.73. The smallest absolute Gasteiger partial charge is 0.278 e. The van der Waals surface area contributed by atoms with Crippen LogP contribution in [0.25, 0.3) is 27.8 Å². The summed E-state index contributed by atoms with van der Waals surface area (Å²) in [6.07, 6.45) is 6.74. The molecular weight excluding hydrogens is 470 g/mol. The molecule has 1 fully saturated rings. The van der Waals surface area contributed by atoms with Crippen LogP contribution >= 0.6 is 0 Å². The van der Waals surface area contributed by atoms with E-state index >= 15 is 0 Å². The molecule has 0 amide bonds. The van der Waals surface area contributed by atoms with Crippen LogP contribution in [-0.2, 0) is 0 Å². The first-order valence-corrected chi connectivity index (χ1v) is 12.0. The Bertz CT molecular complexity index is 1550. The molecule has 0 unspecified atom stereocenters. The second kappa shape index (κ2) is 9.40. The number of hydrogen-bond acceptors (Lipinski definition) is 8.